The smallest absolute Gasteiger partial charge is 0.287 e. The Balaban J connectivity index is 1.43. The van der Waals surface area contributed by atoms with Crippen LogP contribution in [-0.2, 0) is 4.79 Å². The Kier molecular flexibility index (Phi) is 4.51. The number of carbonyl (C=O) groups is 2. The zero-order valence-corrected chi connectivity index (χ0v) is 14.3. The molecule has 136 valence electrons. The Morgan fingerprint density at radius 2 is 2.00 bits per heavy atom. The Morgan fingerprint density at radius 1 is 1.15 bits per heavy atom. The number of fused-ring (bicyclic) bond motifs is 1. The minimum Gasteiger partial charge on any atom is -0.486 e. The van der Waals surface area contributed by atoms with Gasteiger partial charge in [0.25, 0.3) is 5.91 Å². The number of nitrogens with zero attached hydrogens (tertiary/aromatic N) is 1. The van der Waals surface area contributed by atoms with Gasteiger partial charge < -0.3 is 24.1 Å². The molecule has 1 atom stereocenters. The van der Waals surface area contributed by atoms with E-state index in [2.05, 4.69) is 5.32 Å². The summed E-state index contributed by atoms with van der Waals surface area (Å²) in [7, 11) is 0. The lowest BCUT2D eigenvalue weighted by Crippen LogP contribution is -2.39. The number of hydrogen-bond acceptors (Lipinski definition) is 5. The van der Waals surface area contributed by atoms with Crippen LogP contribution in [0.5, 0.6) is 11.5 Å². The number of rotatable bonds is 4. The average Bonchev–Trinajstić information content (AvgIpc) is 3.37. The molecule has 7 heteroatoms. The molecule has 2 amide bonds. The summed E-state index contributed by atoms with van der Waals surface area (Å²) in [5.74, 6) is 1.16. The largest absolute Gasteiger partial charge is 0.486 e. The van der Waals surface area contributed by atoms with E-state index in [1.54, 1.807) is 12.1 Å². The van der Waals surface area contributed by atoms with Crippen molar-refractivity contribution in [3.05, 3.63) is 47.9 Å². The van der Waals surface area contributed by atoms with Crippen molar-refractivity contribution in [3.63, 3.8) is 0 Å². The number of furan rings is 1. The van der Waals surface area contributed by atoms with Gasteiger partial charge in [-0.3, -0.25) is 9.59 Å². The van der Waals surface area contributed by atoms with Crippen molar-refractivity contribution in [2.45, 2.75) is 18.9 Å². The highest BCUT2D eigenvalue weighted by Gasteiger charge is 2.31. The lowest BCUT2D eigenvalue weighted by atomic mass is 10.0. The molecular formula is C19H20N2O5. The molecule has 1 aromatic heterocycles. The first-order valence-electron chi connectivity index (χ1n) is 8.73. The molecular weight excluding hydrogens is 336 g/mol. The van der Waals surface area contributed by atoms with Crippen molar-refractivity contribution in [2.75, 3.05) is 26.3 Å². The minimum atomic E-state index is -0.390. The van der Waals surface area contributed by atoms with Crippen LogP contribution in [0, 0.1) is 0 Å². The van der Waals surface area contributed by atoms with Crippen LogP contribution in [0.15, 0.2) is 41.0 Å². The molecule has 1 fully saturated rings. The summed E-state index contributed by atoms with van der Waals surface area (Å²) in [5.41, 5.74) is 1.03. The second-order valence-electron chi connectivity index (χ2n) is 6.31. The molecule has 1 aromatic carbocycles. The van der Waals surface area contributed by atoms with E-state index < -0.39 is 5.91 Å². The lowest BCUT2D eigenvalue weighted by molar-refractivity contribution is -0.131. The van der Waals surface area contributed by atoms with Gasteiger partial charge in [0.1, 0.15) is 13.2 Å². The Morgan fingerprint density at radius 3 is 2.81 bits per heavy atom. The third-order valence-electron chi connectivity index (χ3n) is 4.67. The third-order valence-corrected chi connectivity index (χ3v) is 4.67. The molecule has 1 N–H and O–H groups in total. The van der Waals surface area contributed by atoms with Crippen molar-refractivity contribution < 1.29 is 23.5 Å². The van der Waals surface area contributed by atoms with Crippen molar-refractivity contribution in [1.29, 1.82) is 0 Å². The number of carbonyl (C=O) groups excluding carboxylic acids is 2. The monoisotopic (exact) mass is 356 g/mol. The van der Waals surface area contributed by atoms with Crippen LogP contribution in [0.3, 0.4) is 0 Å². The molecule has 2 aliphatic rings. The Hall–Kier alpha value is -2.96. The fourth-order valence-corrected chi connectivity index (χ4v) is 3.43. The highest BCUT2D eigenvalue weighted by molar-refractivity contribution is 5.94. The first-order chi connectivity index (χ1) is 12.7. The van der Waals surface area contributed by atoms with Gasteiger partial charge in [0.05, 0.1) is 18.8 Å². The SMILES string of the molecule is O=C(NCC(=O)N1CCC[C@H]1c1ccc2c(c1)OCCO2)c1ccco1. The summed E-state index contributed by atoms with van der Waals surface area (Å²) in [6.07, 6.45) is 3.24. The van der Waals surface area contributed by atoms with E-state index in [0.717, 1.165) is 29.9 Å². The molecule has 2 aromatic rings. The molecule has 2 aliphatic heterocycles. The van der Waals surface area contributed by atoms with Gasteiger partial charge in [-0.2, -0.15) is 0 Å². The lowest BCUT2D eigenvalue weighted by Gasteiger charge is -2.26. The normalized spacial score (nSPS) is 18.6. The van der Waals surface area contributed by atoms with Crippen LogP contribution in [0.4, 0.5) is 0 Å². The van der Waals surface area contributed by atoms with Crippen LogP contribution in [0.2, 0.25) is 0 Å². The molecule has 0 unspecified atom stereocenters. The minimum absolute atomic E-state index is 0.0150. The molecule has 0 spiro atoms. The first-order valence-corrected chi connectivity index (χ1v) is 8.73. The number of benzene rings is 1. The maximum Gasteiger partial charge on any atom is 0.287 e. The van der Waals surface area contributed by atoms with E-state index >= 15 is 0 Å². The van der Waals surface area contributed by atoms with Gasteiger partial charge in [-0.05, 0) is 42.7 Å². The van der Waals surface area contributed by atoms with Crippen molar-refractivity contribution in [2.24, 2.45) is 0 Å². The van der Waals surface area contributed by atoms with E-state index in [0.29, 0.717) is 19.8 Å². The van der Waals surface area contributed by atoms with Crippen LogP contribution in [-0.4, -0.2) is 43.0 Å². The molecule has 0 aliphatic carbocycles. The number of amides is 2. The van der Waals surface area contributed by atoms with Gasteiger partial charge in [0, 0.05) is 6.54 Å². The zero-order valence-electron chi connectivity index (χ0n) is 14.3. The zero-order chi connectivity index (χ0) is 17.9. The number of ether oxygens (including phenoxy) is 2. The first kappa shape index (κ1) is 16.5. The van der Waals surface area contributed by atoms with Gasteiger partial charge in [-0.25, -0.2) is 0 Å². The highest BCUT2D eigenvalue weighted by Crippen LogP contribution is 2.38. The fourth-order valence-electron chi connectivity index (χ4n) is 3.43. The van der Waals surface area contributed by atoms with Crippen LogP contribution < -0.4 is 14.8 Å². The van der Waals surface area contributed by atoms with E-state index in [1.165, 1.54) is 6.26 Å². The Labute approximate surface area is 150 Å². The van der Waals surface area contributed by atoms with Crippen LogP contribution in [0.25, 0.3) is 0 Å². The molecule has 1 saturated heterocycles. The second-order valence-corrected chi connectivity index (χ2v) is 6.31. The second kappa shape index (κ2) is 7.11. The van der Waals surface area contributed by atoms with E-state index in [-0.39, 0.29) is 24.3 Å². The highest BCUT2D eigenvalue weighted by atomic mass is 16.6. The number of nitrogens with one attached hydrogen (secondary N) is 1. The molecule has 0 bridgehead atoms. The van der Waals surface area contributed by atoms with Crippen molar-refractivity contribution >= 4 is 11.8 Å². The average molecular weight is 356 g/mol. The number of hydrogen-bond donors (Lipinski definition) is 1. The van der Waals surface area contributed by atoms with Gasteiger partial charge in [0.2, 0.25) is 5.91 Å². The Bertz CT molecular complexity index is 802. The molecule has 26 heavy (non-hydrogen) atoms. The summed E-state index contributed by atoms with van der Waals surface area (Å²) in [6, 6.07) is 9.00. The summed E-state index contributed by atoms with van der Waals surface area (Å²) in [5, 5.41) is 2.62. The molecule has 0 radical (unpaired) electrons. The summed E-state index contributed by atoms with van der Waals surface area (Å²) in [4.78, 5) is 26.4. The van der Waals surface area contributed by atoms with Gasteiger partial charge in [-0.1, -0.05) is 6.07 Å². The van der Waals surface area contributed by atoms with Crippen molar-refractivity contribution in [1.82, 2.24) is 10.2 Å². The molecule has 4 rings (SSSR count). The van der Waals surface area contributed by atoms with Gasteiger partial charge in [-0.15, -0.1) is 0 Å². The van der Waals surface area contributed by atoms with Crippen molar-refractivity contribution in [3.8, 4) is 11.5 Å². The van der Waals surface area contributed by atoms with Crippen LogP contribution >= 0.6 is 0 Å². The predicted octanol–water partition coefficient (Wildman–Crippen LogP) is 2.14. The summed E-state index contributed by atoms with van der Waals surface area (Å²) < 4.78 is 16.2. The topological polar surface area (TPSA) is 81.0 Å². The molecule has 0 saturated carbocycles. The molecule has 7 nitrogen and oxygen atoms in total. The predicted molar refractivity (Wildman–Crippen MR) is 92.2 cm³/mol. The maximum absolute atomic E-state index is 12.6. The molecule has 3 heterocycles. The van der Waals surface area contributed by atoms with E-state index in [9.17, 15) is 9.59 Å². The van der Waals surface area contributed by atoms with E-state index in [1.807, 2.05) is 23.1 Å². The maximum atomic E-state index is 12.6. The van der Waals surface area contributed by atoms with Crippen LogP contribution in [0.1, 0.15) is 35.0 Å². The fraction of sp³-hybridized carbons (Fsp3) is 0.368. The quantitative estimate of drug-likeness (QED) is 0.908. The summed E-state index contributed by atoms with van der Waals surface area (Å²) in [6.45, 7) is 1.70. The third kappa shape index (κ3) is 3.24. The number of likely N-dealkylation sites (tertiary alicyclic amines) is 1. The van der Waals surface area contributed by atoms with Gasteiger partial charge in [0.15, 0.2) is 17.3 Å². The summed E-state index contributed by atoms with van der Waals surface area (Å²) >= 11 is 0. The van der Waals surface area contributed by atoms with Gasteiger partial charge >= 0.3 is 0 Å². The van der Waals surface area contributed by atoms with E-state index in [4.69, 9.17) is 13.9 Å². The standard InChI is InChI=1S/C19H20N2O5/c22-18(12-20-19(23)16-4-2-8-24-16)21-7-1-3-14(21)13-5-6-15-17(11-13)26-10-9-25-15/h2,4-6,8,11,14H,1,3,7,9-10,12H2,(H,20,23)/t14-/m0/s1.